The van der Waals surface area contributed by atoms with Crippen LogP contribution in [0.1, 0.15) is 44.2 Å². The zero-order valence-electron chi connectivity index (χ0n) is 11.8. The third kappa shape index (κ3) is 3.57. The maximum atomic E-state index is 11.7. The Bertz CT molecular complexity index is 523. The predicted octanol–water partition coefficient (Wildman–Crippen LogP) is 3.03. The van der Waals surface area contributed by atoms with Crippen molar-refractivity contribution in [1.29, 1.82) is 0 Å². The molecule has 4 heteroatoms. The van der Waals surface area contributed by atoms with E-state index in [0.29, 0.717) is 10.9 Å². The van der Waals surface area contributed by atoms with Crippen LogP contribution in [0.3, 0.4) is 0 Å². The second-order valence-electron chi connectivity index (χ2n) is 5.39. The quantitative estimate of drug-likeness (QED) is 0.851. The third-order valence-electron chi connectivity index (χ3n) is 3.80. The predicted molar refractivity (Wildman–Crippen MR) is 78.0 cm³/mol. The van der Waals surface area contributed by atoms with E-state index in [2.05, 4.69) is 17.9 Å². The van der Waals surface area contributed by atoms with E-state index in [1.807, 2.05) is 12.1 Å². The van der Waals surface area contributed by atoms with Crippen LogP contribution in [0.5, 0.6) is 0 Å². The highest BCUT2D eigenvalue weighted by Gasteiger charge is 2.23. The molecule has 0 amide bonds. The van der Waals surface area contributed by atoms with Crippen molar-refractivity contribution in [1.82, 2.24) is 4.90 Å². The van der Waals surface area contributed by atoms with Crippen LogP contribution in [0.2, 0.25) is 0 Å². The number of sulfone groups is 1. The van der Waals surface area contributed by atoms with E-state index >= 15 is 0 Å². The molecule has 106 valence electrons. The molecule has 0 aromatic heterocycles. The van der Waals surface area contributed by atoms with Gasteiger partial charge in [0.25, 0.3) is 0 Å². The SMILES string of the molecule is CCCN1CCCC[C@H]1c1cccc(S(C)(=O)=O)c1. The van der Waals surface area contributed by atoms with Gasteiger partial charge in [0, 0.05) is 12.3 Å². The van der Waals surface area contributed by atoms with Gasteiger partial charge in [-0.25, -0.2) is 8.42 Å². The normalized spacial score (nSPS) is 21.5. The molecule has 1 aromatic carbocycles. The minimum Gasteiger partial charge on any atom is -0.296 e. The van der Waals surface area contributed by atoms with E-state index < -0.39 is 9.84 Å². The zero-order valence-corrected chi connectivity index (χ0v) is 12.6. The fraction of sp³-hybridized carbons (Fsp3) is 0.600. The van der Waals surface area contributed by atoms with Gasteiger partial charge < -0.3 is 0 Å². The largest absolute Gasteiger partial charge is 0.296 e. The fourth-order valence-electron chi connectivity index (χ4n) is 2.88. The molecule has 19 heavy (non-hydrogen) atoms. The van der Waals surface area contributed by atoms with Gasteiger partial charge in [0.2, 0.25) is 0 Å². The second kappa shape index (κ2) is 6.06. The monoisotopic (exact) mass is 281 g/mol. The van der Waals surface area contributed by atoms with Gasteiger partial charge in [0.05, 0.1) is 4.90 Å². The summed E-state index contributed by atoms with van der Waals surface area (Å²) in [6.45, 7) is 4.41. The average molecular weight is 281 g/mol. The molecule has 0 spiro atoms. The Hall–Kier alpha value is -0.870. The highest BCUT2D eigenvalue weighted by molar-refractivity contribution is 7.90. The molecule has 1 atom stereocenters. The van der Waals surface area contributed by atoms with Crippen LogP contribution in [-0.2, 0) is 9.84 Å². The molecule has 1 aliphatic heterocycles. The first kappa shape index (κ1) is 14.5. The minimum atomic E-state index is -3.11. The van der Waals surface area contributed by atoms with Gasteiger partial charge in [0.1, 0.15) is 0 Å². The van der Waals surface area contributed by atoms with Gasteiger partial charge in [-0.1, -0.05) is 25.5 Å². The lowest BCUT2D eigenvalue weighted by Gasteiger charge is -2.36. The van der Waals surface area contributed by atoms with Crippen LogP contribution < -0.4 is 0 Å². The molecule has 0 aliphatic carbocycles. The van der Waals surface area contributed by atoms with Gasteiger partial charge in [-0.2, -0.15) is 0 Å². The van der Waals surface area contributed by atoms with Crippen LogP contribution in [0, 0.1) is 0 Å². The number of benzene rings is 1. The summed E-state index contributed by atoms with van der Waals surface area (Å²) in [5.41, 5.74) is 1.15. The molecule has 1 aromatic rings. The van der Waals surface area contributed by atoms with E-state index in [1.165, 1.54) is 19.1 Å². The van der Waals surface area contributed by atoms with Crippen molar-refractivity contribution in [2.75, 3.05) is 19.3 Å². The van der Waals surface area contributed by atoms with Crippen LogP contribution in [0.4, 0.5) is 0 Å². The Balaban J connectivity index is 2.29. The number of nitrogens with zero attached hydrogens (tertiary/aromatic N) is 1. The Morgan fingerprint density at radius 3 is 2.79 bits per heavy atom. The summed E-state index contributed by atoms with van der Waals surface area (Å²) in [6, 6.07) is 7.85. The molecule has 1 fully saturated rings. The van der Waals surface area contributed by atoms with E-state index in [0.717, 1.165) is 31.5 Å². The summed E-state index contributed by atoms with van der Waals surface area (Å²) in [5.74, 6) is 0. The second-order valence-corrected chi connectivity index (χ2v) is 7.41. The van der Waals surface area contributed by atoms with Crippen molar-refractivity contribution in [3.8, 4) is 0 Å². The number of piperidine rings is 1. The minimum absolute atomic E-state index is 0.385. The molecule has 2 rings (SSSR count). The fourth-order valence-corrected chi connectivity index (χ4v) is 3.55. The average Bonchev–Trinajstić information content (AvgIpc) is 2.39. The number of likely N-dealkylation sites (tertiary alicyclic amines) is 1. The molecule has 1 heterocycles. The Morgan fingerprint density at radius 2 is 2.11 bits per heavy atom. The van der Waals surface area contributed by atoms with E-state index in [9.17, 15) is 8.42 Å². The summed E-state index contributed by atoms with van der Waals surface area (Å²) >= 11 is 0. The summed E-state index contributed by atoms with van der Waals surface area (Å²) in [6.07, 6.45) is 6.03. The number of hydrogen-bond donors (Lipinski definition) is 0. The Kier molecular flexibility index (Phi) is 4.63. The highest BCUT2D eigenvalue weighted by atomic mass is 32.2. The lowest BCUT2D eigenvalue weighted by molar-refractivity contribution is 0.149. The van der Waals surface area contributed by atoms with E-state index in [4.69, 9.17) is 0 Å². The first-order chi connectivity index (χ1) is 9.02. The molecular weight excluding hydrogens is 258 g/mol. The molecule has 0 radical (unpaired) electrons. The smallest absolute Gasteiger partial charge is 0.175 e. The lowest BCUT2D eigenvalue weighted by Crippen LogP contribution is -2.34. The maximum absolute atomic E-state index is 11.7. The highest BCUT2D eigenvalue weighted by Crippen LogP contribution is 2.31. The first-order valence-corrected chi connectivity index (χ1v) is 8.95. The third-order valence-corrected chi connectivity index (χ3v) is 4.91. The van der Waals surface area contributed by atoms with Crippen LogP contribution in [0.25, 0.3) is 0 Å². The van der Waals surface area contributed by atoms with Gasteiger partial charge in [-0.15, -0.1) is 0 Å². The van der Waals surface area contributed by atoms with Crippen molar-refractivity contribution in [2.24, 2.45) is 0 Å². The summed E-state index contributed by atoms with van der Waals surface area (Å²) in [4.78, 5) is 2.93. The van der Waals surface area contributed by atoms with E-state index in [1.54, 1.807) is 6.07 Å². The molecule has 0 bridgehead atoms. The zero-order chi connectivity index (χ0) is 13.9. The molecule has 0 N–H and O–H groups in total. The van der Waals surface area contributed by atoms with Gasteiger partial charge in [-0.05, 0) is 50.0 Å². The van der Waals surface area contributed by atoms with Crippen molar-refractivity contribution in [3.63, 3.8) is 0 Å². The molecule has 1 aliphatic rings. The van der Waals surface area contributed by atoms with Crippen molar-refractivity contribution in [3.05, 3.63) is 29.8 Å². The van der Waals surface area contributed by atoms with Gasteiger partial charge in [0.15, 0.2) is 9.84 Å². The van der Waals surface area contributed by atoms with Gasteiger partial charge >= 0.3 is 0 Å². The summed E-state index contributed by atoms with van der Waals surface area (Å²) in [5, 5.41) is 0. The van der Waals surface area contributed by atoms with Crippen LogP contribution >= 0.6 is 0 Å². The summed E-state index contributed by atoms with van der Waals surface area (Å²) in [7, 11) is -3.11. The summed E-state index contributed by atoms with van der Waals surface area (Å²) < 4.78 is 23.3. The van der Waals surface area contributed by atoms with Crippen LogP contribution in [-0.4, -0.2) is 32.7 Å². The lowest BCUT2D eigenvalue weighted by atomic mass is 9.95. The Labute approximate surface area is 116 Å². The maximum Gasteiger partial charge on any atom is 0.175 e. The topological polar surface area (TPSA) is 37.4 Å². The first-order valence-electron chi connectivity index (χ1n) is 7.06. The van der Waals surface area contributed by atoms with Crippen molar-refractivity contribution >= 4 is 9.84 Å². The van der Waals surface area contributed by atoms with E-state index in [-0.39, 0.29) is 0 Å². The Morgan fingerprint density at radius 1 is 1.32 bits per heavy atom. The molecule has 3 nitrogen and oxygen atoms in total. The molecular formula is C15H23NO2S. The molecule has 0 unspecified atom stereocenters. The molecule has 1 saturated heterocycles. The molecule has 0 saturated carbocycles. The van der Waals surface area contributed by atoms with Crippen molar-refractivity contribution < 1.29 is 8.42 Å². The standard InChI is InChI=1S/C15H23NO2S/c1-3-10-16-11-5-4-9-15(16)13-7-6-8-14(12-13)19(2,17)18/h6-8,12,15H,3-5,9-11H2,1-2H3/t15-/m0/s1. The number of hydrogen-bond acceptors (Lipinski definition) is 3. The van der Waals surface area contributed by atoms with Crippen LogP contribution in [0.15, 0.2) is 29.2 Å². The van der Waals surface area contributed by atoms with Gasteiger partial charge in [-0.3, -0.25) is 4.90 Å². The van der Waals surface area contributed by atoms with Crippen molar-refractivity contribution in [2.45, 2.75) is 43.5 Å². The number of rotatable bonds is 4.